The molecule has 0 unspecified atom stereocenters. The van der Waals surface area contributed by atoms with Gasteiger partial charge in [0.25, 0.3) is 0 Å². The lowest BCUT2D eigenvalue weighted by molar-refractivity contribution is -0.0708. The molecule has 1 heterocycles. The first-order chi connectivity index (χ1) is 13.3. The fourth-order valence-corrected chi connectivity index (χ4v) is 3.32. The lowest BCUT2D eigenvalue weighted by Crippen LogP contribution is -2.37. The number of carbonyl (C=O) groups excluding carboxylic acids is 2. The van der Waals surface area contributed by atoms with Gasteiger partial charge in [-0.25, -0.2) is 9.59 Å². The smallest absolute Gasteiger partial charge is 0.338 e. The summed E-state index contributed by atoms with van der Waals surface area (Å²) in [5.74, 6) is -0.758. The van der Waals surface area contributed by atoms with Crippen molar-refractivity contribution in [1.82, 2.24) is 0 Å². The molecule has 3 atom stereocenters. The molecule has 0 amide bonds. The highest BCUT2D eigenvalue weighted by Gasteiger charge is 2.44. The van der Waals surface area contributed by atoms with E-state index in [1.807, 2.05) is 32.9 Å². The van der Waals surface area contributed by atoms with Crippen molar-refractivity contribution >= 4 is 11.9 Å². The first-order valence-electron chi connectivity index (χ1n) is 9.48. The lowest BCUT2D eigenvalue weighted by Gasteiger charge is -2.30. The number of esters is 2. The van der Waals surface area contributed by atoms with E-state index >= 15 is 0 Å². The Morgan fingerprint density at radius 1 is 0.929 bits per heavy atom. The van der Waals surface area contributed by atoms with Crippen molar-refractivity contribution < 1.29 is 23.8 Å². The zero-order valence-electron chi connectivity index (χ0n) is 16.5. The first kappa shape index (κ1) is 20.1. The summed E-state index contributed by atoms with van der Waals surface area (Å²) in [6.07, 6.45) is -0.498. The van der Waals surface area contributed by atoms with Gasteiger partial charge in [-0.3, -0.25) is 0 Å². The summed E-state index contributed by atoms with van der Waals surface area (Å²) in [5, 5.41) is 0. The maximum absolute atomic E-state index is 12.5. The fourth-order valence-electron chi connectivity index (χ4n) is 3.32. The highest BCUT2D eigenvalue weighted by Crippen LogP contribution is 2.36. The third-order valence-corrected chi connectivity index (χ3v) is 4.70. The van der Waals surface area contributed by atoms with Crippen molar-refractivity contribution in [2.45, 2.75) is 45.5 Å². The zero-order chi connectivity index (χ0) is 20.1. The molecule has 5 heteroatoms. The Morgan fingerprint density at radius 2 is 1.46 bits per heavy atom. The molecule has 2 aromatic carbocycles. The minimum atomic E-state index is -0.395. The molecule has 0 N–H and O–H groups in total. The fraction of sp³-hybridized carbons (Fsp3) is 0.391. The van der Waals surface area contributed by atoms with Gasteiger partial charge in [0.15, 0.2) is 0 Å². The van der Waals surface area contributed by atoms with E-state index in [1.165, 1.54) is 0 Å². The van der Waals surface area contributed by atoms with Crippen LogP contribution in [-0.4, -0.2) is 36.9 Å². The summed E-state index contributed by atoms with van der Waals surface area (Å²) in [6.45, 7) is 6.25. The Labute approximate surface area is 165 Å². The third kappa shape index (κ3) is 4.98. The van der Waals surface area contributed by atoms with E-state index in [0.717, 1.165) is 0 Å². The molecule has 0 aliphatic carbocycles. The number of carbonyl (C=O) groups is 2. The number of hydrogen-bond donors (Lipinski definition) is 0. The van der Waals surface area contributed by atoms with Gasteiger partial charge in [0.05, 0.1) is 23.3 Å². The lowest BCUT2D eigenvalue weighted by atomic mass is 9.86. The van der Waals surface area contributed by atoms with Crippen LogP contribution in [-0.2, 0) is 14.2 Å². The van der Waals surface area contributed by atoms with Gasteiger partial charge in [0.2, 0.25) is 0 Å². The second-order valence-electron chi connectivity index (χ2n) is 8.05. The topological polar surface area (TPSA) is 61.8 Å². The standard InChI is InChI=1S/C23H26O5/c1-23(2,3)20-19(28-22(25)17-12-8-5-9-13-17)14-18(27-20)15-26-21(24)16-10-6-4-7-11-16/h4-13,18-20H,14-15H2,1-3H3/t18-,19+,20+/m0/s1. The van der Waals surface area contributed by atoms with Crippen molar-refractivity contribution in [2.24, 2.45) is 5.41 Å². The molecule has 0 aromatic heterocycles. The van der Waals surface area contributed by atoms with E-state index < -0.39 is 6.10 Å². The Bertz CT molecular complexity index is 795. The zero-order valence-corrected chi connectivity index (χ0v) is 16.5. The van der Waals surface area contributed by atoms with Crippen LogP contribution in [0.15, 0.2) is 60.7 Å². The number of hydrogen-bond acceptors (Lipinski definition) is 5. The van der Waals surface area contributed by atoms with Crippen LogP contribution in [0.1, 0.15) is 47.9 Å². The van der Waals surface area contributed by atoms with Gasteiger partial charge >= 0.3 is 11.9 Å². The molecule has 1 saturated heterocycles. The van der Waals surface area contributed by atoms with E-state index in [1.54, 1.807) is 48.5 Å². The highest BCUT2D eigenvalue weighted by molar-refractivity contribution is 5.89. The minimum absolute atomic E-state index is 0.125. The molecule has 2 aromatic rings. The number of rotatable bonds is 5. The van der Waals surface area contributed by atoms with E-state index in [9.17, 15) is 9.59 Å². The Balaban J connectivity index is 1.62. The molecule has 3 rings (SSSR count). The van der Waals surface area contributed by atoms with Crippen LogP contribution in [0.25, 0.3) is 0 Å². The highest BCUT2D eigenvalue weighted by atomic mass is 16.6. The van der Waals surface area contributed by atoms with Crippen LogP contribution in [0.5, 0.6) is 0 Å². The second-order valence-corrected chi connectivity index (χ2v) is 8.05. The summed E-state index contributed by atoms with van der Waals surface area (Å²) in [7, 11) is 0. The normalized spacial score (nSPS) is 21.9. The predicted molar refractivity (Wildman–Crippen MR) is 105 cm³/mol. The summed E-state index contributed by atoms with van der Waals surface area (Å²) in [4.78, 5) is 24.6. The molecule has 28 heavy (non-hydrogen) atoms. The third-order valence-electron chi connectivity index (χ3n) is 4.70. The Hall–Kier alpha value is -2.66. The molecule has 1 aliphatic rings. The predicted octanol–water partition coefficient (Wildman–Crippen LogP) is 4.27. The Kier molecular flexibility index (Phi) is 6.15. The van der Waals surface area contributed by atoms with Crippen molar-refractivity contribution in [3.05, 3.63) is 71.8 Å². The molecular formula is C23H26O5. The van der Waals surface area contributed by atoms with Crippen LogP contribution in [0.3, 0.4) is 0 Å². The number of benzene rings is 2. The van der Waals surface area contributed by atoms with Gasteiger partial charge in [-0.05, 0) is 29.7 Å². The SMILES string of the molecule is CC(C)(C)[C@@H]1O[C@H](COC(=O)c2ccccc2)C[C@H]1OC(=O)c1ccccc1. The molecule has 1 fully saturated rings. The average molecular weight is 382 g/mol. The molecular weight excluding hydrogens is 356 g/mol. The molecule has 1 aliphatic heterocycles. The van der Waals surface area contributed by atoms with Crippen molar-refractivity contribution in [3.63, 3.8) is 0 Å². The largest absolute Gasteiger partial charge is 0.459 e. The molecule has 148 valence electrons. The maximum Gasteiger partial charge on any atom is 0.338 e. The summed E-state index contributed by atoms with van der Waals surface area (Å²) in [6, 6.07) is 17.7. The molecule has 0 spiro atoms. The Morgan fingerprint density at radius 3 is 2.00 bits per heavy atom. The van der Waals surface area contributed by atoms with Crippen molar-refractivity contribution in [2.75, 3.05) is 6.61 Å². The molecule has 5 nitrogen and oxygen atoms in total. The monoisotopic (exact) mass is 382 g/mol. The van der Waals surface area contributed by atoms with Crippen LogP contribution >= 0.6 is 0 Å². The van der Waals surface area contributed by atoms with E-state index in [0.29, 0.717) is 17.5 Å². The average Bonchev–Trinajstić information content (AvgIpc) is 3.10. The molecule has 0 saturated carbocycles. The second kappa shape index (κ2) is 8.57. The first-order valence-corrected chi connectivity index (χ1v) is 9.48. The van der Waals surface area contributed by atoms with Gasteiger partial charge in [-0.15, -0.1) is 0 Å². The van der Waals surface area contributed by atoms with Gasteiger partial charge < -0.3 is 14.2 Å². The molecule has 0 radical (unpaired) electrons. The van der Waals surface area contributed by atoms with E-state index in [2.05, 4.69) is 0 Å². The van der Waals surface area contributed by atoms with Gasteiger partial charge in [0.1, 0.15) is 12.7 Å². The number of ether oxygens (including phenoxy) is 3. The summed E-state index contributed by atoms with van der Waals surface area (Å²) < 4.78 is 17.3. The van der Waals surface area contributed by atoms with E-state index in [-0.39, 0.29) is 36.2 Å². The minimum Gasteiger partial charge on any atom is -0.459 e. The summed E-state index contributed by atoms with van der Waals surface area (Å²) in [5.41, 5.74) is 0.786. The van der Waals surface area contributed by atoms with Crippen molar-refractivity contribution in [1.29, 1.82) is 0 Å². The van der Waals surface area contributed by atoms with Crippen LogP contribution in [0.2, 0.25) is 0 Å². The summed E-state index contributed by atoms with van der Waals surface area (Å²) >= 11 is 0. The van der Waals surface area contributed by atoms with Gasteiger partial charge in [-0.2, -0.15) is 0 Å². The van der Waals surface area contributed by atoms with Crippen LogP contribution < -0.4 is 0 Å². The van der Waals surface area contributed by atoms with Gasteiger partial charge in [0, 0.05) is 6.42 Å². The molecule has 0 bridgehead atoms. The maximum atomic E-state index is 12.5. The van der Waals surface area contributed by atoms with Crippen molar-refractivity contribution in [3.8, 4) is 0 Å². The van der Waals surface area contributed by atoms with E-state index in [4.69, 9.17) is 14.2 Å². The van der Waals surface area contributed by atoms with Gasteiger partial charge in [-0.1, -0.05) is 57.2 Å². The van der Waals surface area contributed by atoms with Crippen LogP contribution in [0, 0.1) is 5.41 Å². The van der Waals surface area contributed by atoms with Crippen LogP contribution in [0.4, 0.5) is 0 Å². The quantitative estimate of drug-likeness (QED) is 0.723.